The molecule has 0 aliphatic carbocycles. The molecule has 1 aromatic heterocycles. The second-order valence-electron chi connectivity index (χ2n) is 4.43. The molecule has 0 amide bonds. The van der Waals surface area contributed by atoms with E-state index in [-0.39, 0.29) is 0 Å². The van der Waals surface area contributed by atoms with Crippen LogP contribution in [0.1, 0.15) is 20.8 Å². The van der Waals surface area contributed by atoms with Crippen LogP contribution in [-0.2, 0) is 0 Å². The molecule has 0 spiro atoms. The van der Waals surface area contributed by atoms with E-state index < -0.39 is 0 Å². The van der Waals surface area contributed by atoms with E-state index in [1.807, 2.05) is 27.2 Å². The number of aromatic nitrogens is 2. The first kappa shape index (κ1) is 14.5. The summed E-state index contributed by atoms with van der Waals surface area (Å²) in [6, 6.07) is 2.04. The van der Waals surface area contributed by atoms with Crippen LogP contribution in [-0.4, -0.2) is 50.7 Å². The second-order valence-corrected chi connectivity index (χ2v) is 4.43. The van der Waals surface area contributed by atoms with Crippen LogP contribution in [0.5, 0.6) is 0 Å². The van der Waals surface area contributed by atoms with Crippen molar-refractivity contribution in [2.45, 2.75) is 20.8 Å². The fraction of sp³-hybridized carbons (Fsp3) is 0.692. The minimum Gasteiger partial charge on any atom is -0.360 e. The molecule has 0 radical (unpaired) electrons. The lowest BCUT2D eigenvalue weighted by Gasteiger charge is -2.23. The lowest BCUT2D eigenvalue weighted by atomic mass is 10.4. The average molecular weight is 251 g/mol. The third-order valence-electron chi connectivity index (χ3n) is 3.23. The van der Waals surface area contributed by atoms with Gasteiger partial charge in [0.25, 0.3) is 0 Å². The highest BCUT2D eigenvalue weighted by Crippen LogP contribution is 2.21. The van der Waals surface area contributed by atoms with Crippen molar-refractivity contribution < 1.29 is 0 Å². The summed E-state index contributed by atoms with van der Waals surface area (Å²) in [4.78, 5) is 15.5. The van der Waals surface area contributed by atoms with Gasteiger partial charge in [-0.25, -0.2) is 0 Å². The van der Waals surface area contributed by atoms with Gasteiger partial charge in [0.2, 0.25) is 5.95 Å². The SMILES string of the molecule is CCN(C)c1cc(N(C)CC)nc(N(C)CC)n1. The molecule has 0 aromatic carbocycles. The largest absolute Gasteiger partial charge is 0.360 e. The Kier molecular flexibility index (Phi) is 5.19. The van der Waals surface area contributed by atoms with Crippen LogP contribution in [0.15, 0.2) is 6.07 Å². The smallest absolute Gasteiger partial charge is 0.229 e. The quantitative estimate of drug-likeness (QED) is 0.771. The van der Waals surface area contributed by atoms with Crippen LogP contribution < -0.4 is 14.7 Å². The van der Waals surface area contributed by atoms with Crippen LogP contribution in [0.25, 0.3) is 0 Å². The minimum absolute atomic E-state index is 0.783. The van der Waals surface area contributed by atoms with E-state index in [2.05, 4.69) is 45.4 Å². The molecule has 0 atom stereocenters. The molecule has 1 rings (SSSR count). The number of hydrogen-bond donors (Lipinski definition) is 0. The van der Waals surface area contributed by atoms with Crippen molar-refractivity contribution in [1.82, 2.24) is 9.97 Å². The molecule has 0 aliphatic heterocycles. The summed E-state index contributed by atoms with van der Waals surface area (Å²) < 4.78 is 0. The Morgan fingerprint density at radius 3 is 1.50 bits per heavy atom. The van der Waals surface area contributed by atoms with Crippen molar-refractivity contribution in [2.24, 2.45) is 0 Å². The maximum Gasteiger partial charge on any atom is 0.229 e. The van der Waals surface area contributed by atoms with E-state index in [1.165, 1.54) is 0 Å². The van der Waals surface area contributed by atoms with E-state index in [4.69, 9.17) is 0 Å². The zero-order valence-electron chi connectivity index (χ0n) is 12.4. The van der Waals surface area contributed by atoms with Gasteiger partial charge in [0.1, 0.15) is 11.6 Å². The van der Waals surface area contributed by atoms with E-state index in [1.54, 1.807) is 0 Å². The van der Waals surface area contributed by atoms with Crippen LogP contribution in [0.4, 0.5) is 17.6 Å². The number of hydrogen-bond acceptors (Lipinski definition) is 5. The van der Waals surface area contributed by atoms with Gasteiger partial charge in [0.05, 0.1) is 0 Å². The van der Waals surface area contributed by atoms with Gasteiger partial charge in [-0.3, -0.25) is 0 Å². The molecular formula is C13H25N5. The lowest BCUT2D eigenvalue weighted by Crippen LogP contribution is -2.25. The second kappa shape index (κ2) is 6.42. The molecule has 0 unspecified atom stereocenters. The predicted molar refractivity (Wildman–Crippen MR) is 78.9 cm³/mol. The molecule has 0 bridgehead atoms. The van der Waals surface area contributed by atoms with Gasteiger partial charge in [-0.2, -0.15) is 9.97 Å². The third-order valence-corrected chi connectivity index (χ3v) is 3.23. The molecule has 18 heavy (non-hydrogen) atoms. The van der Waals surface area contributed by atoms with Crippen molar-refractivity contribution in [3.8, 4) is 0 Å². The molecule has 0 fully saturated rings. The van der Waals surface area contributed by atoms with Gasteiger partial charge in [-0.1, -0.05) is 0 Å². The predicted octanol–water partition coefficient (Wildman–Crippen LogP) is 1.84. The Morgan fingerprint density at radius 2 is 1.17 bits per heavy atom. The fourth-order valence-electron chi connectivity index (χ4n) is 1.44. The Morgan fingerprint density at radius 1 is 0.778 bits per heavy atom. The first-order valence-corrected chi connectivity index (χ1v) is 6.55. The van der Waals surface area contributed by atoms with Crippen molar-refractivity contribution in [1.29, 1.82) is 0 Å². The van der Waals surface area contributed by atoms with Crippen molar-refractivity contribution >= 4 is 17.6 Å². The van der Waals surface area contributed by atoms with Crippen LogP contribution in [0.3, 0.4) is 0 Å². The summed E-state index contributed by atoms with van der Waals surface area (Å²) in [6.07, 6.45) is 0. The van der Waals surface area contributed by atoms with Gasteiger partial charge >= 0.3 is 0 Å². The molecule has 0 saturated carbocycles. The standard InChI is InChI=1S/C13H25N5/c1-7-16(4)11-10-12(17(5)8-2)15-13(14-11)18(6)9-3/h10H,7-9H2,1-6H3. The molecule has 102 valence electrons. The lowest BCUT2D eigenvalue weighted by molar-refractivity contribution is 0.855. The monoisotopic (exact) mass is 251 g/mol. The zero-order valence-corrected chi connectivity index (χ0v) is 12.4. The van der Waals surface area contributed by atoms with Crippen molar-refractivity contribution in [3.05, 3.63) is 6.07 Å². The Bertz CT molecular complexity index is 310. The van der Waals surface area contributed by atoms with E-state index >= 15 is 0 Å². The highest BCUT2D eigenvalue weighted by Gasteiger charge is 2.11. The summed E-state index contributed by atoms with van der Waals surface area (Å²) in [5, 5.41) is 0. The zero-order chi connectivity index (χ0) is 13.7. The van der Waals surface area contributed by atoms with E-state index in [0.717, 1.165) is 37.2 Å². The highest BCUT2D eigenvalue weighted by atomic mass is 15.3. The van der Waals surface area contributed by atoms with Gasteiger partial charge in [0, 0.05) is 46.8 Å². The van der Waals surface area contributed by atoms with Gasteiger partial charge in [-0.05, 0) is 20.8 Å². The maximum absolute atomic E-state index is 4.61. The van der Waals surface area contributed by atoms with Crippen LogP contribution in [0, 0.1) is 0 Å². The van der Waals surface area contributed by atoms with Gasteiger partial charge in [-0.15, -0.1) is 0 Å². The topological polar surface area (TPSA) is 35.5 Å². The summed E-state index contributed by atoms with van der Waals surface area (Å²) >= 11 is 0. The summed E-state index contributed by atoms with van der Waals surface area (Å²) in [7, 11) is 6.11. The van der Waals surface area contributed by atoms with Crippen LogP contribution >= 0.6 is 0 Å². The van der Waals surface area contributed by atoms with Crippen molar-refractivity contribution in [3.63, 3.8) is 0 Å². The minimum atomic E-state index is 0.783. The van der Waals surface area contributed by atoms with Gasteiger partial charge in [0.15, 0.2) is 0 Å². The first-order valence-electron chi connectivity index (χ1n) is 6.55. The van der Waals surface area contributed by atoms with Crippen molar-refractivity contribution in [2.75, 3.05) is 55.5 Å². The Labute approximate surface area is 110 Å². The maximum atomic E-state index is 4.61. The molecular weight excluding hydrogens is 226 g/mol. The molecule has 5 heteroatoms. The third kappa shape index (κ3) is 3.24. The normalized spacial score (nSPS) is 10.3. The average Bonchev–Trinajstić information content (AvgIpc) is 2.43. The molecule has 1 aromatic rings. The number of nitrogens with zero attached hydrogens (tertiary/aromatic N) is 5. The van der Waals surface area contributed by atoms with Crippen LogP contribution in [0.2, 0.25) is 0 Å². The highest BCUT2D eigenvalue weighted by molar-refractivity contribution is 5.54. The number of anilines is 3. The molecule has 0 aliphatic rings. The van der Waals surface area contributed by atoms with Gasteiger partial charge < -0.3 is 14.7 Å². The molecule has 5 nitrogen and oxygen atoms in total. The molecule has 0 N–H and O–H groups in total. The molecule has 1 heterocycles. The summed E-state index contributed by atoms with van der Waals surface area (Å²) in [6.45, 7) is 9.10. The summed E-state index contributed by atoms with van der Waals surface area (Å²) in [5.74, 6) is 2.72. The Hall–Kier alpha value is -1.52. The van der Waals surface area contributed by atoms with E-state index in [0.29, 0.717) is 0 Å². The Balaban J connectivity index is 3.19. The summed E-state index contributed by atoms with van der Waals surface area (Å²) in [5.41, 5.74) is 0. The fourth-order valence-corrected chi connectivity index (χ4v) is 1.44. The molecule has 0 saturated heterocycles. The number of rotatable bonds is 6. The van der Waals surface area contributed by atoms with E-state index in [9.17, 15) is 0 Å². The first-order chi connectivity index (χ1) is 8.53.